The molecule has 0 bridgehead atoms. The van der Waals surface area contributed by atoms with Crippen molar-refractivity contribution in [2.45, 2.75) is 112 Å². The minimum absolute atomic E-state index is 0.0917. The van der Waals surface area contributed by atoms with Crippen LogP contribution in [0.3, 0.4) is 0 Å². The van der Waals surface area contributed by atoms with E-state index in [0.717, 1.165) is 6.42 Å². The lowest BCUT2D eigenvalue weighted by molar-refractivity contribution is -0.0877. The highest BCUT2D eigenvalue weighted by Gasteiger charge is 2.53. The molecule has 168 valence electrons. The molecule has 0 aliphatic carbocycles. The maximum absolute atomic E-state index is 4.03. The molecule has 2 heteroatoms. The van der Waals surface area contributed by atoms with E-state index in [0.29, 0.717) is 17.3 Å². The molecular weight excluding hydrogens is 340 g/mol. The average molecular weight is 395 g/mol. The predicted octanol–water partition coefficient (Wildman–Crippen LogP) is 7.46. The smallest absolute Gasteiger partial charge is 0.0342 e. The van der Waals surface area contributed by atoms with Crippen molar-refractivity contribution >= 4 is 0 Å². The lowest BCUT2D eigenvalue weighted by atomic mass is 9.48. The number of nitrogens with zero attached hydrogens (tertiary/aromatic N) is 2. The minimum atomic E-state index is 0.0917. The molecule has 0 N–H and O–H groups in total. The van der Waals surface area contributed by atoms with E-state index in [1.165, 1.54) is 25.7 Å². The molecular formula is C26H54N2. The van der Waals surface area contributed by atoms with Crippen LogP contribution in [-0.2, 0) is 0 Å². The van der Waals surface area contributed by atoms with Crippen LogP contribution in [0.1, 0.15) is 101 Å². The molecule has 0 rings (SSSR count). The fourth-order valence-electron chi connectivity index (χ4n) is 6.42. The van der Waals surface area contributed by atoms with Gasteiger partial charge in [-0.15, -0.1) is 0 Å². The Balaban J connectivity index is 6.25. The van der Waals surface area contributed by atoms with Crippen LogP contribution >= 0.6 is 0 Å². The fraction of sp³-hybridized carbons (Fsp3) is 0.923. The topological polar surface area (TPSA) is 6.48 Å². The summed E-state index contributed by atoms with van der Waals surface area (Å²) in [6.45, 7) is 28.5. The van der Waals surface area contributed by atoms with Crippen molar-refractivity contribution in [2.24, 2.45) is 22.7 Å². The molecule has 2 nitrogen and oxygen atoms in total. The van der Waals surface area contributed by atoms with Crippen molar-refractivity contribution in [3.05, 3.63) is 12.8 Å². The Morgan fingerprint density at radius 1 is 0.857 bits per heavy atom. The Morgan fingerprint density at radius 2 is 1.36 bits per heavy atom. The SMILES string of the molecule is C=CN(C)C(C)(C)CC(C)(C)C(CC)(C(C)CCC)C(C)CC(C)(C)N(C)C. The first kappa shape index (κ1) is 27.5. The zero-order chi connectivity index (χ0) is 22.6. The van der Waals surface area contributed by atoms with Gasteiger partial charge in [0.1, 0.15) is 0 Å². The first-order valence-corrected chi connectivity index (χ1v) is 11.6. The summed E-state index contributed by atoms with van der Waals surface area (Å²) in [6.07, 6.45) is 8.18. The third-order valence-electron chi connectivity index (χ3n) is 8.45. The van der Waals surface area contributed by atoms with Gasteiger partial charge in [0.15, 0.2) is 0 Å². The second-order valence-electron chi connectivity index (χ2n) is 11.6. The Hall–Kier alpha value is -0.500. The molecule has 0 aromatic heterocycles. The second-order valence-corrected chi connectivity index (χ2v) is 11.6. The second kappa shape index (κ2) is 10.0. The first-order chi connectivity index (χ1) is 12.6. The highest BCUT2D eigenvalue weighted by Crippen LogP contribution is 2.59. The highest BCUT2D eigenvalue weighted by atomic mass is 15.1. The van der Waals surface area contributed by atoms with E-state index in [2.05, 4.69) is 107 Å². The molecule has 0 saturated heterocycles. The van der Waals surface area contributed by atoms with Gasteiger partial charge in [-0.3, -0.25) is 0 Å². The summed E-state index contributed by atoms with van der Waals surface area (Å²) in [6, 6.07) is 0. The molecule has 0 aromatic carbocycles. The molecule has 28 heavy (non-hydrogen) atoms. The summed E-state index contributed by atoms with van der Waals surface area (Å²) in [5, 5.41) is 0. The zero-order valence-electron chi connectivity index (χ0n) is 21.9. The van der Waals surface area contributed by atoms with Crippen molar-refractivity contribution in [1.82, 2.24) is 9.80 Å². The number of rotatable bonds is 13. The summed E-state index contributed by atoms with van der Waals surface area (Å²) >= 11 is 0. The monoisotopic (exact) mass is 394 g/mol. The molecule has 3 atom stereocenters. The van der Waals surface area contributed by atoms with E-state index in [1.54, 1.807) is 0 Å². The Morgan fingerprint density at radius 3 is 1.71 bits per heavy atom. The van der Waals surface area contributed by atoms with Gasteiger partial charge < -0.3 is 9.80 Å². The maximum Gasteiger partial charge on any atom is 0.0342 e. The molecule has 0 aliphatic rings. The molecule has 0 saturated carbocycles. The summed E-state index contributed by atoms with van der Waals surface area (Å²) < 4.78 is 0. The van der Waals surface area contributed by atoms with Crippen LogP contribution in [0.2, 0.25) is 0 Å². The quantitative estimate of drug-likeness (QED) is 0.320. The zero-order valence-corrected chi connectivity index (χ0v) is 21.9. The summed E-state index contributed by atoms with van der Waals surface area (Å²) in [5.41, 5.74) is 0.818. The first-order valence-electron chi connectivity index (χ1n) is 11.6. The molecule has 0 amide bonds. The van der Waals surface area contributed by atoms with Gasteiger partial charge in [-0.1, -0.05) is 61.0 Å². The Bertz CT molecular complexity index is 475. The number of hydrogen-bond acceptors (Lipinski definition) is 2. The number of hydrogen-bond donors (Lipinski definition) is 0. The van der Waals surface area contributed by atoms with Crippen LogP contribution in [0, 0.1) is 22.7 Å². The standard InChI is InChI=1S/C26H54N2/c1-15-18-21(4)26(16-2,22(5)19-24(8,9)27(12)13)23(6,7)20-25(10,11)28(14)17-3/h17,21-22H,3,15-16,18-20H2,1-2,4-14H3. The van der Waals surface area contributed by atoms with Crippen molar-refractivity contribution in [3.63, 3.8) is 0 Å². The van der Waals surface area contributed by atoms with Crippen molar-refractivity contribution < 1.29 is 0 Å². The Kier molecular flexibility index (Phi) is 9.83. The van der Waals surface area contributed by atoms with E-state index in [4.69, 9.17) is 0 Å². The normalized spacial score (nSPS) is 17.9. The third kappa shape index (κ3) is 5.77. The Labute approximate surface area is 179 Å². The maximum atomic E-state index is 4.03. The van der Waals surface area contributed by atoms with Crippen LogP contribution in [-0.4, -0.2) is 42.0 Å². The van der Waals surface area contributed by atoms with Gasteiger partial charge in [-0.25, -0.2) is 0 Å². The summed E-state index contributed by atoms with van der Waals surface area (Å²) in [5.74, 6) is 1.35. The minimum Gasteiger partial charge on any atom is -0.376 e. The third-order valence-corrected chi connectivity index (χ3v) is 8.45. The van der Waals surface area contributed by atoms with Crippen molar-refractivity contribution in [1.29, 1.82) is 0 Å². The lowest BCUT2D eigenvalue weighted by Gasteiger charge is -2.58. The summed E-state index contributed by atoms with van der Waals surface area (Å²) in [4.78, 5) is 4.70. The molecule has 0 radical (unpaired) electrons. The van der Waals surface area contributed by atoms with Crippen LogP contribution in [0.15, 0.2) is 12.8 Å². The molecule has 0 spiro atoms. The van der Waals surface area contributed by atoms with Gasteiger partial charge in [-0.05, 0) is 89.9 Å². The lowest BCUT2D eigenvalue weighted by Crippen LogP contribution is -2.54. The van der Waals surface area contributed by atoms with Crippen molar-refractivity contribution in [3.8, 4) is 0 Å². The van der Waals surface area contributed by atoms with Crippen LogP contribution in [0.4, 0.5) is 0 Å². The van der Waals surface area contributed by atoms with Crippen molar-refractivity contribution in [2.75, 3.05) is 21.1 Å². The van der Waals surface area contributed by atoms with Gasteiger partial charge in [0.25, 0.3) is 0 Å². The van der Waals surface area contributed by atoms with E-state index in [1.807, 2.05) is 6.20 Å². The molecule has 3 unspecified atom stereocenters. The average Bonchev–Trinajstić information content (AvgIpc) is 2.53. The highest BCUT2D eigenvalue weighted by molar-refractivity contribution is 5.04. The van der Waals surface area contributed by atoms with E-state index >= 15 is 0 Å². The largest absolute Gasteiger partial charge is 0.376 e. The molecule has 0 aliphatic heterocycles. The van der Waals surface area contributed by atoms with Crippen LogP contribution in [0.5, 0.6) is 0 Å². The van der Waals surface area contributed by atoms with Crippen LogP contribution in [0.25, 0.3) is 0 Å². The van der Waals surface area contributed by atoms with Crippen LogP contribution < -0.4 is 0 Å². The van der Waals surface area contributed by atoms with E-state index in [-0.39, 0.29) is 16.5 Å². The fourth-order valence-corrected chi connectivity index (χ4v) is 6.42. The van der Waals surface area contributed by atoms with Gasteiger partial charge >= 0.3 is 0 Å². The van der Waals surface area contributed by atoms with E-state index < -0.39 is 0 Å². The van der Waals surface area contributed by atoms with Gasteiger partial charge in [0.2, 0.25) is 0 Å². The molecule has 0 heterocycles. The van der Waals surface area contributed by atoms with Gasteiger partial charge in [0, 0.05) is 18.1 Å². The van der Waals surface area contributed by atoms with Gasteiger partial charge in [-0.2, -0.15) is 0 Å². The molecule has 0 aromatic rings. The van der Waals surface area contributed by atoms with Gasteiger partial charge in [0.05, 0.1) is 0 Å². The predicted molar refractivity (Wildman–Crippen MR) is 129 cm³/mol. The summed E-state index contributed by atoms with van der Waals surface area (Å²) in [7, 11) is 6.62. The molecule has 0 fully saturated rings. The van der Waals surface area contributed by atoms with E-state index in [9.17, 15) is 0 Å².